The van der Waals surface area contributed by atoms with Crippen molar-refractivity contribution in [2.24, 2.45) is 12.0 Å². The van der Waals surface area contributed by atoms with E-state index < -0.39 is 4.92 Å². The molecule has 1 fully saturated rings. The lowest BCUT2D eigenvalue weighted by molar-refractivity contribution is -0.391. The minimum atomic E-state index is -0.467. The highest BCUT2D eigenvalue weighted by atomic mass is 16.6. The van der Waals surface area contributed by atoms with Gasteiger partial charge in [-0.25, -0.2) is 9.55 Å². The van der Waals surface area contributed by atoms with Crippen LogP contribution in [0.15, 0.2) is 47.5 Å². The lowest BCUT2D eigenvalue weighted by atomic mass is 10.1. The molecular weight excluding hydrogens is 350 g/mol. The van der Waals surface area contributed by atoms with Crippen LogP contribution < -0.4 is 0 Å². The highest BCUT2D eigenvalue weighted by Crippen LogP contribution is 2.16. The van der Waals surface area contributed by atoms with Gasteiger partial charge >= 0.3 is 5.82 Å². The molecule has 0 unspecified atom stereocenters. The van der Waals surface area contributed by atoms with E-state index in [4.69, 9.17) is 9.47 Å². The molecule has 1 aromatic rings. The summed E-state index contributed by atoms with van der Waals surface area (Å²) in [5, 5.41) is 10.8. The average Bonchev–Trinajstić information content (AvgIpc) is 3.06. The molecule has 0 saturated carbocycles. The zero-order chi connectivity index (χ0) is 19.1. The summed E-state index contributed by atoms with van der Waals surface area (Å²) in [6, 6.07) is 0. The molecule has 1 aliphatic heterocycles. The molecule has 0 amide bonds. The second-order valence-electron chi connectivity index (χ2n) is 6.20. The van der Waals surface area contributed by atoms with E-state index in [0.29, 0.717) is 18.0 Å². The minimum Gasteiger partial charge on any atom is -0.484 e. The van der Waals surface area contributed by atoms with Crippen LogP contribution in [0, 0.1) is 10.1 Å². The number of aliphatic imine (C=N–C) groups is 1. The zero-order valence-electron chi connectivity index (χ0n) is 15.3. The summed E-state index contributed by atoms with van der Waals surface area (Å²) in [6.45, 7) is 4.57. The van der Waals surface area contributed by atoms with Crippen LogP contribution in [-0.2, 0) is 23.1 Å². The molecule has 1 aromatic heterocycles. The van der Waals surface area contributed by atoms with Crippen LogP contribution in [-0.4, -0.2) is 57.9 Å². The van der Waals surface area contributed by atoms with Gasteiger partial charge in [-0.05, 0) is 23.2 Å². The fraction of sp³-hybridized carbons (Fsp3) is 0.444. The fourth-order valence-corrected chi connectivity index (χ4v) is 2.74. The molecule has 2 heterocycles. The number of rotatable bonds is 7. The fourth-order valence-electron chi connectivity index (χ4n) is 2.74. The van der Waals surface area contributed by atoms with Gasteiger partial charge in [0.15, 0.2) is 6.61 Å². The Morgan fingerprint density at radius 2 is 2.22 bits per heavy atom. The molecule has 1 saturated heterocycles. The number of hydrogen-bond donors (Lipinski definition) is 0. The Morgan fingerprint density at radius 1 is 1.41 bits per heavy atom. The van der Waals surface area contributed by atoms with Crippen molar-refractivity contribution in [3.05, 3.63) is 58.4 Å². The lowest BCUT2D eigenvalue weighted by Crippen LogP contribution is -2.36. The molecule has 9 nitrogen and oxygen atoms in total. The number of aromatic nitrogens is 2. The topological polar surface area (TPSA) is 95.0 Å². The predicted molar refractivity (Wildman–Crippen MR) is 100 cm³/mol. The first kappa shape index (κ1) is 19.0. The molecule has 3 rings (SSSR count). The number of ether oxygens (including phenoxy) is 2. The van der Waals surface area contributed by atoms with Gasteiger partial charge in [0.2, 0.25) is 5.82 Å². The third kappa shape index (κ3) is 5.35. The molecule has 0 spiro atoms. The van der Waals surface area contributed by atoms with Crippen molar-refractivity contribution >= 4 is 11.5 Å². The number of nitrogens with zero attached hydrogens (tertiary/aromatic N) is 5. The van der Waals surface area contributed by atoms with Crippen LogP contribution in [0.4, 0.5) is 5.82 Å². The zero-order valence-corrected chi connectivity index (χ0v) is 15.3. The van der Waals surface area contributed by atoms with E-state index in [-0.39, 0.29) is 12.4 Å². The second kappa shape index (κ2) is 9.24. The average molecular weight is 373 g/mol. The highest BCUT2D eigenvalue weighted by Gasteiger charge is 2.17. The maximum Gasteiger partial charge on any atom is 0.342 e. The maximum absolute atomic E-state index is 10.8. The van der Waals surface area contributed by atoms with Crippen LogP contribution in [0.3, 0.4) is 0 Å². The Balaban J connectivity index is 1.44. The van der Waals surface area contributed by atoms with E-state index in [9.17, 15) is 10.1 Å². The molecule has 0 aromatic carbocycles. The van der Waals surface area contributed by atoms with Crippen LogP contribution in [0.1, 0.15) is 12.2 Å². The molecule has 0 atom stereocenters. The molecule has 9 heteroatoms. The van der Waals surface area contributed by atoms with E-state index in [1.807, 2.05) is 24.4 Å². The Hall–Kier alpha value is -2.78. The van der Waals surface area contributed by atoms with E-state index in [2.05, 4.69) is 21.0 Å². The minimum absolute atomic E-state index is 0.0555. The molecular formula is C18H23N5O4. The number of morpholine rings is 1. The maximum atomic E-state index is 10.8. The van der Waals surface area contributed by atoms with Gasteiger partial charge in [-0.15, -0.1) is 0 Å². The first-order chi connectivity index (χ1) is 13.1. The summed E-state index contributed by atoms with van der Waals surface area (Å²) in [5.41, 5.74) is 0.952. The Bertz CT molecular complexity index is 788. The third-order valence-corrected chi connectivity index (χ3v) is 4.38. The number of allylic oxidation sites excluding steroid dienone is 3. The number of nitro groups is 1. The summed E-state index contributed by atoms with van der Waals surface area (Å²) in [6.07, 6.45) is 11.5. The van der Waals surface area contributed by atoms with Crippen molar-refractivity contribution < 1.29 is 14.4 Å². The van der Waals surface area contributed by atoms with E-state index in [0.717, 1.165) is 38.6 Å². The Labute approximate surface area is 157 Å². The Morgan fingerprint density at radius 3 is 2.89 bits per heavy atom. The van der Waals surface area contributed by atoms with Crippen molar-refractivity contribution in [2.45, 2.75) is 13.0 Å². The van der Waals surface area contributed by atoms with Crippen LogP contribution in [0.5, 0.6) is 0 Å². The number of hydrogen-bond acceptors (Lipinski definition) is 7. The largest absolute Gasteiger partial charge is 0.484 e. The van der Waals surface area contributed by atoms with Gasteiger partial charge in [0.05, 0.1) is 20.3 Å². The van der Waals surface area contributed by atoms with Crippen LogP contribution >= 0.6 is 0 Å². The van der Waals surface area contributed by atoms with Crippen molar-refractivity contribution in [1.29, 1.82) is 0 Å². The molecule has 0 radical (unpaired) electrons. The van der Waals surface area contributed by atoms with Crippen molar-refractivity contribution in [1.82, 2.24) is 14.5 Å². The highest BCUT2D eigenvalue weighted by molar-refractivity contribution is 5.97. The van der Waals surface area contributed by atoms with Gasteiger partial charge in [-0.1, -0.05) is 6.08 Å². The molecule has 144 valence electrons. The summed E-state index contributed by atoms with van der Waals surface area (Å²) in [4.78, 5) is 21.2. The smallest absolute Gasteiger partial charge is 0.342 e. The van der Waals surface area contributed by atoms with Gasteiger partial charge in [0.25, 0.3) is 0 Å². The van der Waals surface area contributed by atoms with Crippen molar-refractivity contribution in [3.63, 3.8) is 0 Å². The van der Waals surface area contributed by atoms with Crippen LogP contribution in [0.25, 0.3) is 0 Å². The molecule has 27 heavy (non-hydrogen) atoms. The van der Waals surface area contributed by atoms with E-state index >= 15 is 0 Å². The first-order valence-electron chi connectivity index (χ1n) is 8.81. The first-order valence-corrected chi connectivity index (χ1v) is 8.81. The molecule has 0 bridgehead atoms. The summed E-state index contributed by atoms with van der Waals surface area (Å²) < 4.78 is 12.4. The molecule has 2 aliphatic rings. The SMILES string of the molecule is Cn1c([N+](=O)[O-])cnc1COC1=CCC(=NC=CCN2CCOCC2)C=C1. The van der Waals surface area contributed by atoms with Crippen LogP contribution in [0.2, 0.25) is 0 Å². The monoisotopic (exact) mass is 373 g/mol. The molecule has 1 aliphatic carbocycles. The van der Waals surface area contributed by atoms with Gasteiger partial charge in [-0.2, -0.15) is 0 Å². The second-order valence-corrected chi connectivity index (χ2v) is 6.20. The van der Waals surface area contributed by atoms with E-state index in [1.165, 1.54) is 10.8 Å². The van der Waals surface area contributed by atoms with Gasteiger partial charge < -0.3 is 19.6 Å². The van der Waals surface area contributed by atoms with Crippen molar-refractivity contribution in [2.75, 3.05) is 32.8 Å². The molecule has 0 N–H and O–H groups in total. The van der Waals surface area contributed by atoms with Crippen molar-refractivity contribution in [3.8, 4) is 0 Å². The summed E-state index contributed by atoms with van der Waals surface area (Å²) in [7, 11) is 1.60. The predicted octanol–water partition coefficient (Wildman–Crippen LogP) is 1.98. The Kier molecular flexibility index (Phi) is 6.50. The quantitative estimate of drug-likeness (QED) is 0.536. The lowest BCUT2D eigenvalue weighted by Gasteiger charge is -2.24. The van der Waals surface area contributed by atoms with Gasteiger partial charge in [-0.3, -0.25) is 9.89 Å². The third-order valence-electron chi connectivity index (χ3n) is 4.38. The summed E-state index contributed by atoms with van der Waals surface area (Å²) in [5.74, 6) is 1.15. The van der Waals surface area contributed by atoms with Gasteiger partial charge in [0, 0.05) is 38.0 Å². The standard InChI is InChI=1S/C18H23N5O4/c1-21-17(20-13-18(21)23(24)25)14-27-16-5-3-15(4-6-16)19-7-2-8-22-9-11-26-12-10-22/h2-3,5-7,13H,4,8-12,14H2,1H3. The van der Waals surface area contributed by atoms with Gasteiger partial charge in [0.1, 0.15) is 12.0 Å². The summed E-state index contributed by atoms with van der Waals surface area (Å²) >= 11 is 0. The number of imidazole rings is 1. The normalized spacial score (nSPS) is 19.6. The van der Waals surface area contributed by atoms with E-state index in [1.54, 1.807) is 7.05 Å².